The van der Waals surface area contributed by atoms with Crippen molar-refractivity contribution in [2.75, 3.05) is 14.2 Å². The van der Waals surface area contributed by atoms with Crippen molar-refractivity contribution in [1.29, 1.82) is 0 Å². The van der Waals surface area contributed by atoms with Gasteiger partial charge in [0.1, 0.15) is 11.5 Å². The molecule has 0 saturated heterocycles. The smallest absolute Gasteiger partial charge is 0.141 e. The minimum Gasteiger partial charge on any atom is -0.496 e. The number of halogens is 2. The number of methoxy groups -OCH3 is 2. The highest BCUT2D eigenvalue weighted by atomic mass is 79.9. The van der Waals surface area contributed by atoms with Crippen molar-refractivity contribution in [2.45, 2.75) is 6.92 Å². The molecule has 0 unspecified atom stereocenters. The van der Waals surface area contributed by atoms with Gasteiger partial charge in [-0.3, -0.25) is 0 Å². The van der Waals surface area contributed by atoms with E-state index in [1.807, 2.05) is 29.6 Å². The summed E-state index contributed by atoms with van der Waals surface area (Å²) in [7, 11) is 3.21. The summed E-state index contributed by atoms with van der Waals surface area (Å²) in [5.41, 5.74) is 3.99. The lowest BCUT2D eigenvalue weighted by molar-refractivity contribution is 0.393. The summed E-state index contributed by atoms with van der Waals surface area (Å²) < 4.78 is 11.8. The lowest BCUT2D eigenvalue weighted by atomic mass is 10.1. The molecule has 0 radical (unpaired) electrons. The molecule has 0 aromatic heterocycles. The zero-order valence-electron chi connectivity index (χ0n) is 13.0. The van der Waals surface area contributed by atoms with Crippen molar-refractivity contribution < 1.29 is 9.47 Å². The van der Waals surface area contributed by atoms with Gasteiger partial charge in [-0.25, -0.2) is 0 Å². The first-order valence-electron chi connectivity index (χ1n) is 6.98. The summed E-state index contributed by atoms with van der Waals surface area (Å²) in [6.45, 7) is 2.06. The average Bonchev–Trinajstić information content (AvgIpc) is 2.55. The van der Waals surface area contributed by atoms with Crippen molar-refractivity contribution in [3.63, 3.8) is 0 Å². The van der Waals surface area contributed by atoms with Gasteiger partial charge in [0.05, 0.1) is 30.6 Å². The van der Waals surface area contributed by atoms with Crippen molar-refractivity contribution in [3.8, 4) is 11.5 Å². The van der Waals surface area contributed by atoms with Crippen LogP contribution in [-0.2, 0) is 0 Å². The standard InChI is InChI=1S/C17H16BrClN2O2/c1-10-4-11-7-20-15(9-21(11)8-13(10)18)12-5-14(19)17(23-3)6-16(12)22-2/h4-9,20H,1-3H3. The van der Waals surface area contributed by atoms with E-state index in [2.05, 4.69) is 34.2 Å². The van der Waals surface area contributed by atoms with Gasteiger partial charge in [0.25, 0.3) is 0 Å². The van der Waals surface area contributed by atoms with Crippen LogP contribution in [0, 0.1) is 0 Å². The molecular formula is C17H16BrClN2O2. The minimum atomic E-state index is 0.534. The van der Waals surface area contributed by atoms with E-state index in [4.69, 9.17) is 21.1 Å². The third-order valence-electron chi connectivity index (χ3n) is 3.70. The lowest BCUT2D eigenvalue weighted by Gasteiger charge is -2.28. The molecule has 1 aromatic carbocycles. The fourth-order valence-electron chi connectivity index (χ4n) is 2.44. The molecule has 2 aliphatic rings. The van der Waals surface area contributed by atoms with Crippen LogP contribution in [0.5, 0.6) is 11.5 Å². The van der Waals surface area contributed by atoms with Gasteiger partial charge in [-0.15, -0.1) is 0 Å². The molecule has 1 N–H and O–H groups in total. The number of allylic oxidation sites excluding steroid dienone is 3. The number of hydrogen-bond acceptors (Lipinski definition) is 4. The zero-order chi connectivity index (χ0) is 16.6. The van der Waals surface area contributed by atoms with Crippen LogP contribution >= 0.6 is 27.5 Å². The lowest BCUT2D eigenvalue weighted by Crippen LogP contribution is -2.22. The summed E-state index contributed by atoms with van der Waals surface area (Å²) in [4.78, 5) is 2.04. The van der Waals surface area contributed by atoms with E-state index in [0.29, 0.717) is 16.5 Å². The second-order valence-electron chi connectivity index (χ2n) is 5.16. The molecule has 120 valence electrons. The number of nitrogens with zero attached hydrogens (tertiary/aromatic N) is 1. The molecular weight excluding hydrogens is 380 g/mol. The zero-order valence-corrected chi connectivity index (χ0v) is 15.3. The SMILES string of the molecule is COc1cc(OC)c(C2=CN3C=C(Br)C(C)=CC3=CN2)cc1Cl. The molecule has 0 amide bonds. The quantitative estimate of drug-likeness (QED) is 0.811. The Kier molecular flexibility index (Phi) is 4.41. The topological polar surface area (TPSA) is 33.7 Å². The molecule has 23 heavy (non-hydrogen) atoms. The Labute approximate surface area is 148 Å². The predicted octanol–water partition coefficient (Wildman–Crippen LogP) is 4.60. The van der Waals surface area contributed by atoms with Gasteiger partial charge in [0.15, 0.2) is 0 Å². The van der Waals surface area contributed by atoms with Crippen LogP contribution in [0.15, 0.2) is 52.6 Å². The Bertz CT molecular complexity index is 781. The molecule has 4 nitrogen and oxygen atoms in total. The summed E-state index contributed by atoms with van der Waals surface area (Å²) in [5, 5.41) is 3.83. The van der Waals surface area contributed by atoms with E-state index in [0.717, 1.165) is 21.4 Å². The summed E-state index contributed by atoms with van der Waals surface area (Å²) in [6, 6.07) is 3.62. The molecule has 6 heteroatoms. The number of nitrogens with one attached hydrogen (secondary N) is 1. The van der Waals surface area contributed by atoms with Gasteiger partial charge in [0, 0.05) is 34.7 Å². The minimum absolute atomic E-state index is 0.534. The highest BCUT2D eigenvalue weighted by Gasteiger charge is 2.20. The maximum absolute atomic E-state index is 6.26. The highest BCUT2D eigenvalue weighted by molar-refractivity contribution is 9.12. The van der Waals surface area contributed by atoms with Crippen LogP contribution in [0.25, 0.3) is 5.70 Å². The largest absolute Gasteiger partial charge is 0.496 e. The van der Waals surface area contributed by atoms with Gasteiger partial charge >= 0.3 is 0 Å². The van der Waals surface area contributed by atoms with E-state index in [1.165, 1.54) is 5.57 Å². The Morgan fingerprint density at radius 1 is 1.13 bits per heavy atom. The molecule has 0 spiro atoms. The first-order chi connectivity index (χ1) is 11.0. The normalized spacial score (nSPS) is 16.5. The first-order valence-corrected chi connectivity index (χ1v) is 8.15. The summed E-state index contributed by atoms with van der Waals surface area (Å²) in [5.74, 6) is 1.27. The molecule has 0 atom stereocenters. The number of rotatable bonds is 3. The number of fused-ring (bicyclic) bond motifs is 1. The van der Waals surface area contributed by atoms with Crippen LogP contribution in [0.2, 0.25) is 5.02 Å². The Hall–Kier alpha value is -1.85. The van der Waals surface area contributed by atoms with Crippen LogP contribution in [0.3, 0.4) is 0 Å². The molecule has 0 fully saturated rings. The molecule has 2 heterocycles. The monoisotopic (exact) mass is 394 g/mol. The molecule has 0 saturated carbocycles. The maximum Gasteiger partial charge on any atom is 0.141 e. The van der Waals surface area contributed by atoms with E-state index in [-0.39, 0.29) is 0 Å². The van der Waals surface area contributed by atoms with E-state index < -0.39 is 0 Å². The summed E-state index contributed by atoms with van der Waals surface area (Å²) >= 11 is 9.83. The van der Waals surface area contributed by atoms with Crippen LogP contribution in [0.1, 0.15) is 12.5 Å². The van der Waals surface area contributed by atoms with Gasteiger partial charge < -0.3 is 19.7 Å². The Balaban J connectivity index is 2.01. The van der Waals surface area contributed by atoms with E-state index in [9.17, 15) is 0 Å². The molecule has 0 aliphatic carbocycles. The second kappa shape index (κ2) is 6.34. The van der Waals surface area contributed by atoms with E-state index >= 15 is 0 Å². The maximum atomic E-state index is 6.26. The van der Waals surface area contributed by atoms with Crippen molar-refractivity contribution >= 4 is 33.2 Å². The number of ether oxygens (including phenoxy) is 2. The fraction of sp³-hybridized carbons (Fsp3) is 0.176. The van der Waals surface area contributed by atoms with Crippen LogP contribution in [-0.4, -0.2) is 19.1 Å². The van der Waals surface area contributed by atoms with Gasteiger partial charge in [-0.1, -0.05) is 11.6 Å². The van der Waals surface area contributed by atoms with Crippen LogP contribution < -0.4 is 14.8 Å². The third-order valence-corrected chi connectivity index (χ3v) is 4.83. The van der Waals surface area contributed by atoms with Crippen molar-refractivity contribution in [3.05, 3.63) is 63.1 Å². The fourth-order valence-corrected chi connectivity index (χ4v) is 3.01. The van der Waals surface area contributed by atoms with Gasteiger partial charge in [-0.2, -0.15) is 0 Å². The average molecular weight is 396 g/mol. The van der Waals surface area contributed by atoms with Crippen molar-refractivity contribution in [1.82, 2.24) is 10.2 Å². The van der Waals surface area contributed by atoms with Gasteiger partial charge in [0.2, 0.25) is 0 Å². The van der Waals surface area contributed by atoms with Gasteiger partial charge in [-0.05, 0) is 40.6 Å². The Morgan fingerprint density at radius 2 is 1.87 bits per heavy atom. The Morgan fingerprint density at radius 3 is 2.57 bits per heavy atom. The first kappa shape index (κ1) is 16.0. The van der Waals surface area contributed by atoms with Crippen molar-refractivity contribution in [2.24, 2.45) is 0 Å². The number of hydrogen-bond donors (Lipinski definition) is 1. The third kappa shape index (κ3) is 2.99. The molecule has 0 bridgehead atoms. The molecule has 3 rings (SSSR count). The predicted molar refractivity (Wildman–Crippen MR) is 96.4 cm³/mol. The second-order valence-corrected chi connectivity index (χ2v) is 6.42. The molecule has 2 aliphatic heterocycles. The molecule has 1 aromatic rings. The summed E-state index contributed by atoms with van der Waals surface area (Å²) in [6.07, 6.45) is 8.08. The van der Waals surface area contributed by atoms with E-state index in [1.54, 1.807) is 20.3 Å². The number of benzene rings is 1. The highest BCUT2D eigenvalue weighted by Crippen LogP contribution is 2.37. The van der Waals surface area contributed by atoms with Crippen LogP contribution in [0.4, 0.5) is 0 Å².